The standard InChI is InChI=1S/C16H24N2O2S2/c1-4-18(5-2)16(21)22-12-15(19)17-11-10-13-6-8-14(20-3)9-7-13/h6-9H,4-5,10-12H2,1-3H3,(H,17,19). The van der Waals surface area contributed by atoms with Crippen LogP contribution < -0.4 is 10.1 Å². The van der Waals surface area contributed by atoms with E-state index in [0.29, 0.717) is 12.3 Å². The predicted octanol–water partition coefficient (Wildman–Crippen LogP) is 2.71. The number of thiocarbonyl (C=S) groups is 1. The number of carbonyl (C=O) groups is 1. The number of hydrogen-bond donors (Lipinski definition) is 1. The summed E-state index contributed by atoms with van der Waals surface area (Å²) in [6.45, 7) is 6.50. The Labute approximate surface area is 142 Å². The van der Waals surface area contributed by atoms with Crippen LogP contribution in [-0.4, -0.2) is 47.6 Å². The fourth-order valence-electron chi connectivity index (χ4n) is 1.89. The molecule has 0 heterocycles. The van der Waals surface area contributed by atoms with E-state index in [1.807, 2.05) is 24.3 Å². The molecule has 0 aliphatic heterocycles. The molecule has 122 valence electrons. The van der Waals surface area contributed by atoms with Crippen LogP contribution in [0.5, 0.6) is 5.75 Å². The van der Waals surface area contributed by atoms with Gasteiger partial charge >= 0.3 is 0 Å². The zero-order valence-electron chi connectivity index (χ0n) is 13.4. The second kappa shape index (κ2) is 10.5. The zero-order chi connectivity index (χ0) is 16.4. The molecule has 0 atom stereocenters. The molecule has 0 saturated heterocycles. The second-order valence-electron chi connectivity index (χ2n) is 4.67. The van der Waals surface area contributed by atoms with Crippen molar-refractivity contribution in [1.29, 1.82) is 0 Å². The van der Waals surface area contributed by atoms with E-state index in [1.54, 1.807) is 7.11 Å². The number of amides is 1. The molecule has 0 unspecified atom stereocenters. The van der Waals surface area contributed by atoms with Gasteiger partial charge in [0.25, 0.3) is 0 Å². The van der Waals surface area contributed by atoms with Gasteiger partial charge in [0.1, 0.15) is 10.1 Å². The van der Waals surface area contributed by atoms with Crippen LogP contribution in [0.2, 0.25) is 0 Å². The van der Waals surface area contributed by atoms with Gasteiger partial charge in [0.2, 0.25) is 5.91 Å². The van der Waals surface area contributed by atoms with E-state index in [4.69, 9.17) is 17.0 Å². The average molecular weight is 341 g/mol. The largest absolute Gasteiger partial charge is 0.497 e. The number of benzene rings is 1. The highest BCUT2D eigenvalue weighted by Gasteiger charge is 2.08. The first kappa shape index (κ1) is 18.8. The van der Waals surface area contributed by atoms with E-state index in [2.05, 4.69) is 24.1 Å². The summed E-state index contributed by atoms with van der Waals surface area (Å²) in [6, 6.07) is 7.87. The molecule has 0 fully saturated rings. The molecule has 0 spiro atoms. The van der Waals surface area contributed by atoms with Crippen molar-refractivity contribution >= 4 is 34.2 Å². The van der Waals surface area contributed by atoms with Crippen molar-refractivity contribution in [1.82, 2.24) is 10.2 Å². The van der Waals surface area contributed by atoms with Crippen molar-refractivity contribution in [2.75, 3.05) is 32.5 Å². The van der Waals surface area contributed by atoms with Gasteiger partial charge < -0.3 is 15.0 Å². The maximum atomic E-state index is 11.8. The minimum atomic E-state index is 0.0213. The molecule has 1 aromatic carbocycles. The third-order valence-electron chi connectivity index (χ3n) is 3.24. The summed E-state index contributed by atoms with van der Waals surface area (Å²) in [5.74, 6) is 1.24. The molecule has 1 aromatic rings. The van der Waals surface area contributed by atoms with Crippen molar-refractivity contribution in [3.05, 3.63) is 29.8 Å². The Balaban J connectivity index is 2.24. The van der Waals surface area contributed by atoms with Crippen LogP contribution in [0.15, 0.2) is 24.3 Å². The van der Waals surface area contributed by atoms with E-state index in [1.165, 1.54) is 17.3 Å². The number of ether oxygens (including phenoxy) is 1. The maximum Gasteiger partial charge on any atom is 0.230 e. The fourth-order valence-corrected chi connectivity index (χ4v) is 3.12. The van der Waals surface area contributed by atoms with Gasteiger partial charge in [-0.25, -0.2) is 0 Å². The Bertz CT molecular complexity index is 474. The number of methoxy groups -OCH3 is 1. The van der Waals surface area contributed by atoms with Crippen LogP contribution in [0.1, 0.15) is 19.4 Å². The van der Waals surface area contributed by atoms with Crippen LogP contribution in [0.4, 0.5) is 0 Å². The third-order valence-corrected chi connectivity index (χ3v) is 4.77. The molecule has 0 aromatic heterocycles. The van der Waals surface area contributed by atoms with Gasteiger partial charge in [0.15, 0.2) is 0 Å². The maximum absolute atomic E-state index is 11.8. The van der Waals surface area contributed by atoms with Gasteiger partial charge in [-0.15, -0.1) is 0 Å². The molecule has 0 saturated carbocycles. The van der Waals surface area contributed by atoms with Gasteiger partial charge in [0, 0.05) is 19.6 Å². The monoisotopic (exact) mass is 340 g/mol. The summed E-state index contributed by atoms with van der Waals surface area (Å²) in [6.07, 6.45) is 0.806. The quantitative estimate of drug-likeness (QED) is 0.737. The first-order valence-electron chi connectivity index (χ1n) is 7.42. The molecule has 0 aliphatic rings. The molecule has 0 aliphatic carbocycles. The normalized spacial score (nSPS) is 10.1. The Morgan fingerprint density at radius 2 is 1.91 bits per heavy atom. The first-order chi connectivity index (χ1) is 10.6. The van der Waals surface area contributed by atoms with Crippen molar-refractivity contribution in [2.24, 2.45) is 0 Å². The number of rotatable bonds is 8. The summed E-state index contributed by atoms with van der Waals surface area (Å²) in [7, 11) is 1.65. The van der Waals surface area contributed by atoms with Gasteiger partial charge in [-0.3, -0.25) is 4.79 Å². The summed E-state index contributed by atoms with van der Waals surface area (Å²) in [5, 5.41) is 2.92. The highest BCUT2D eigenvalue weighted by molar-refractivity contribution is 8.23. The van der Waals surface area contributed by atoms with Crippen molar-refractivity contribution in [3.8, 4) is 5.75 Å². The zero-order valence-corrected chi connectivity index (χ0v) is 15.1. The number of thioether (sulfide) groups is 1. The Morgan fingerprint density at radius 1 is 1.27 bits per heavy atom. The van der Waals surface area contributed by atoms with E-state index in [0.717, 1.165) is 29.6 Å². The molecule has 6 heteroatoms. The van der Waals surface area contributed by atoms with Gasteiger partial charge in [0.05, 0.1) is 12.9 Å². The summed E-state index contributed by atoms with van der Waals surface area (Å²) >= 11 is 6.72. The van der Waals surface area contributed by atoms with Crippen LogP contribution in [0.3, 0.4) is 0 Å². The van der Waals surface area contributed by atoms with E-state index >= 15 is 0 Å². The summed E-state index contributed by atoms with van der Waals surface area (Å²) in [4.78, 5) is 13.9. The lowest BCUT2D eigenvalue weighted by molar-refractivity contribution is -0.118. The van der Waals surface area contributed by atoms with Gasteiger partial charge in [-0.05, 0) is 38.0 Å². The summed E-state index contributed by atoms with van der Waals surface area (Å²) in [5.41, 5.74) is 1.17. The van der Waals surface area contributed by atoms with E-state index in [-0.39, 0.29) is 5.91 Å². The summed E-state index contributed by atoms with van der Waals surface area (Å²) < 4.78 is 5.90. The SMILES string of the molecule is CCN(CC)C(=S)SCC(=O)NCCc1ccc(OC)cc1. The highest BCUT2D eigenvalue weighted by Crippen LogP contribution is 2.11. The third kappa shape index (κ3) is 6.66. The minimum Gasteiger partial charge on any atom is -0.497 e. The van der Waals surface area contributed by atoms with Crippen molar-refractivity contribution in [2.45, 2.75) is 20.3 Å². The minimum absolute atomic E-state index is 0.0213. The predicted molar refractivity (Wildman–Crippen MR) is 97.7 cm³/mol. The van der Waals surface area contributed by atoms with Crippen LogP contribution in [0, 0.1) is 0 Å². The van der Waals surface area contributed by atoms with Crippen molar-refractivity contribution in [3.63, 3.8) is 0 Å². The van der Waals surface area contributed by atoms with Crippen LogP contribution >= 0.6 is 24.0 Å². The lowest BCUT2D eigenvalue weighted by Gasteiger charge is -2.20. The Hall–Kier alpha value is -1.27. The molecular weight excluding hydrogens is 316 g/mol. The number of nitrogens with one attached hydrogen (secondary N) is 1. The second-order valence-corrected chi connectivity index (χ2v) is 6.28. The smallest absolute Gasteiger partial charge is 0.230 e. The topological polar surface area (TPSA) is 41.6 Å². The Morgan fingerprint density at radius 3 is 2.45 bits per heavy atom. The van der Waals surface area contributed by atoms with E-state index in [9.17, 15) is 4.79 Å². The number of nitrogens with zero attached hydrogens (tertiary/aromatic N) is 1. The van der Waals surface area contributed by atoms with Crippen molar-refractivity contribution < 1.29 is 9.53 Å². The lowest BCUT2D eigenvalue weighted by Crippen LogP contribution is -2.31. The highest BCUT2D eigenvalue weighted by atomic mass is 32.2. The molecule has 1 N–H and O–H groups in total. The molecule has 0 radical (unpaired) electrons. The molecular formula is C16H24N2O2S2. The van der Waals surface area contributed by atoms with Crippen LogP contribution in [0.25, 0.3) is 0 Å². The van der Waals surface area contributed by atoms with Crippen LogP contribution in [-0.2, 0) is 11.2 Å². The number of carbonyl (C=O) groups excluding carboxylic acids is 1. The van der Waals surface area contributed by atoms with Gasteiger partial charge in [-0.1, -0.05) is 36.1 Å². The molecule has 0 bridgehead atoms. The molecule has 4 nitrogen and oxygen atoms in total. The van der Waals surface area contributed by atoms with E-state index < -0.39 is 0 Å². The Kier molecular flexibility index (Phi) is 8.92. The fraction of sp³-hybridized carbons (Fsp3) is 0.500. The molecule has 1 amide bonds. The average Bonchev–Trinajstić information content (AvgIpc) is 2.54. The van der Waals surface area contributed by atoms with Gasteiger partial charge in [-0.2, -0.15) is 0 Å². The molecule has 1 rings (SSSR count). The molecule has 22 heavy (non-hydrogen) atoms. The first-order valence-corrected chi connectivity index (χ1v) is 8.81. The lowest BCUT2D eigenvalue weighted by atomic mass is 10.1. The number of hydrogen-bond acceptors (Lipinski definition) is 4.